The van der Waals surface area contributed by atoms with Gasteiger partial charge in [-0.1, -0.05) is 12.1 Å². The van der Waals surface area contributed by atoms with Gasteiger partial charge in [0.2, 0.25) is 11.8 Å². The average Bonchev–Trinajstić information content (AvgIpc) is 3.12. The van der Waals surface area contributed by atoms with E-state index in [4.69, 9.17) is 4.74 Å². The van der Waals surface area contributed by atoms with E-state index in [9.17, 15) is 9.59 Å². The van der Waals surface area contributed by atoms with E-state index >= 15 is 0 Å². The fraction of sp³-hybridized carbons (Fsp3) is 0.579. The van der Waals surface area contributed by atoms with Gasteiger partial charge in [0.15, 0.2) is 0 Å². The van der Waals surface area contributed by atoms with Crippen molar-refractivity contribution >= 4 is 11.8 Å². The van der Waals surface area contributed by atoms with Crippen LogP contribution in [0.2, 0.25) is 0 Å². The second kappa shape index (κ2) is 8.51. The maximum atomic E-state index is 12.2. The van der Waals surface area contributed by atoms with Crippen molar-refractivity contribution in [1.82, 2.24) is 20.9 Å². The first-order valence-electron chi connectivity index (χ1n) is 9.21. The van der Waals surface area contributed by atoms with E-state index in [0.29, 0.717) is 19.5 Å². The van der Waals surface area contributed by atoms with Gasteiger partial charge in [-0.3, -0.25) is 14.5 Å². The third-order valence-electron chi connectivity index (χ3n) is 5.44. The van der Waals surface area contributed by atoms with Crippen LogP contribution in [0.3, 0.4) is 0 Å². The Kier molecular flexibility index (Phi) is 6.11. The molecule has 2 aliphatic rings. The Morgan fingerprint density at radius 3 is 2.85 bits per heavy atom. The molecule has 0 unspecified atom stereocenters. The molecule has 0 saturated carbocycles. The molecule has 1 aromatic rings. The zero-order chi connectivity index (χ0) is 18.5. The summed E-state index contributed by atoms with van der Waals surface area (Å²) in [5, 5.41) is 9.23. The van der Waals surface area contributed by atoms with Crippen LogP contribution < -0.4 is 20.7 Å². The fourth-order valence-electron chi connectivity index (χ4n) is 3.77. The Morgan fingerprint density at radius 1 is 1.35 bits per heavy atom. The smallest absolute Gasteiger partial charge is 0.238 e. The highest BCUT2D eigenvalue weighted by Gasteiger charge is 2.40. The van der Waals surface area contributed by atoms with Crippen LogP contribution in [-0.2, 0) is 16.1 Å². The average molecular weight is 360 g/mol. The van der Waals surface area contributed by atoms with E-state index in [1.165, 1.54) is 0 Å². The maximum absolute atomic E-state index is 12.2. The number of nitrogens with zero attached hydrogens (tertiary/aromatic N) is 1. The highest BCUT2D eigenvalue weighted by molar-refractivity contribution is 5.83. The van der Waals surface area contributed by atoms with Gasteiger partial charge in [-0.25, -0.2) is 0 Å². The number of likely N-dealkylation sites (N-methyl/N-ethyl adjacent to an activating group) is 1. The minimum absolute atomic E-state index is 0.0332. The van der Waals surface area contributed by atoms with Gasteiger partial charge in [-0.2, -0.15) is 0 Å². The summed E-state index contributed by atoms with van der Waals surface area (Å²) in [5.41, 5.74) is 1.04. The Hall–Kier alpha value is -2.12. The Labute approximate surface area is 154 Å². The first-order chi connectivity index (χ1) is 12.6. The van der Waals surface area contributed by atoms with Crippen LogP contribution in [0.4, 0.5) is 0 Å². The van der Waals surface area contributed by atoms with Crippen LogP contribution in [0.5, 0.6) is 5.75 Å². The summed E-state index contributed by atoms with van der Waals surface area (Å²) in [7, 11) is 3.69. The van der Waals surface area contributed by atoms with Gasteiger partial charge in [-0.05, 0) is 44.1 Å². The first-order valence-corrected chi connectivity index (χ1v) is 9.21. The second-order valence-electron chi connectivity index (χ2n) is 7.02. The van der Waals surface area contributed by atoms with Gasteiger partial charge in [0.25, 0.3) is 0 Å². The van der Waals surface area contributed by atoms with Crippen molar-refractivity contribution in [2.24, 2.45) is 0 Å². The molecule has 3 N–H and O–H groups in total. The summed E-state index contributed by atoms with van der Waals surface area (Å²) in [6.45, 7) is 1.96. The standard InChI is InChI=1S/C19H28N4O3/c1-23-14(12-22-19(25)18-16(23)9-10-20-18)5-8-17(24)21-11-13-3-6-15(26-2)7-4-13/h3-4,6-7,14,16,18,20H,5,8-12H2,1-2H3,(H,21,24)(H,22,25)/t14-,16-,18-/m0/s1. The van der Waals surface area contributed by atoms with E-state index < -0.39 is 0 Å². The van der Waals surface area contributed by atoms with Crippen molar-refractivity contribution in [2.45, 2.75) is 43.9 Å². The molecule has 1 aromatic carbocycles. The number of carbonyl (C=O) groups is 2. The van der Waals surface area contributed by atoms with Crippen molar-refractivity contribution < 1.29 is 14.3 Å². The number of hydrogen-bond donors (Lipinski definition) is 3. The molecule has 2 fully saturated rings. The molecule has 0 aliphatic carbocycles. The SMILES string of the molecule is COc1ccc(CNC(=O)CC[C@H]2CNC(=O)[C@H]3NCC[C@@H]3N2C)cc1. The number of nitrogens with one attached hydrogen (secondary N) is 3. The van der Waals surface area contributed by atoms with E-state index in [-0.39, 0.29) is 29.9 Å². The highest BCUT2D eigenvalue weighted by atomic mass is 16.5. The summed E-state index contributed by atoms with van der Waals surface area (Å²) < 4.78 is 5.13. The van der Waals surface area contributed by atoms with Crippen molar-refractivity contribution in [3.63, 3.8) is 0 Å². The molecular weight excluding hydrogens is 332 g/mol. The molecule has 142 valence electrons. The lowest BCUT2D eigenvalue weighted by Crippen LogP contribution is -2.48. The highest BCUT2D eigenvalue weighted by Crippen LogP contribution is 2.21. The number of rotatable bonds is 6. The fourth-order valence-corrected chi connectivity index (χ4v) is 3.77. The number of ether oxygens (including phenoxy) is 1. The van der Waals surface area contributed by atoms with Gasteiger partial charge < -0.3 is 20.7 Å². The number of amides is 2. The first kappa shape index (κ1) is 18.7. The third-order valence-corrected chi connectivity index (χ3v) is 5.44. The molecule has 3 rings (SSSR count). The summed E-state index contributed by atoms with van der Waals surface area (Å²) in [6.07, 6.45) is 2.15. The molecule has 0 bridgehead atoms. The molecule has 26 heavy (non-hydrogen) atoms. The molecule has 0 aromatic heterocycles. The van der Waals surface area contributed by atoms with Crippen molar-refractivity contribution in [3.05, 3.63) is 29.8 Å². The zero-order valence-electron chi connectivity index (χ0n) is 15.5. The Balaban J connectivity index is 1.46. The zero-order valence-corrected chi connectivity index (χ0v) is 15.5. The molecular formula is C19H28N4O3. The molecule has 3 atom stereocenters. The van der Waals surface area contributed by atoms with Gasteiger partial charge >= 0.3 is 0 Å². The minimum atomic E-state index is -0.131. The van der Waals surface area contributed by atoms with Crippen molar-refractivity contribution in [3.8, 4) is 5.75 Å². The predicted octanol–water partition coefficient (Wildman–Crippen LogP) is 0.252. The normalized spacial score (nSPS) is 25.9. The third kappa shape index (κ3) is 4.34. The maximum Gasteiger partial charge on any atom is 0.238 e. The number of benzene rings is 1. The number of methoxy groups -OCH3 is 1. The van der Waals surface area contributed by atoms with Crippen molar-refractivity contribution in [1.29, 1.82) is 0 Å². The van der Waals surface area contributed by atoms with E-state index in [0.717, 1.165) is 30.7 Å². The minimum Gasteiger partial charge on any atom is -0.497 e. The topological polar surface area (TPSA) is 82.7 Å². The van der Waals surface area contributed by atoms with Gasteiger partial charge in [0.05, 0.1) is 7.11 Å². The van der Waals surface area contributed by atoms with E-state index in [1.807, 2.05) is 24.3 Å². The lowest BCUT2D eigenvalue weighted by Gasteiger charge is -2.31. The van der Waals surface area contributed by atoms with E-state index in [1.54, 1.807) is 7.11 Å². The largest absolute Gasteiger partial charge is 0.497 e. The molecule has 2 aliphatic heterocycles. The number of hydrogen-bond acceptors (Lipinski definition) is 5. The van der Waals surface area contributed by atoms with Gasteiger partial charge in [0.1, 0.15) is 11.8 Å². The van der Waals surface area contributed by atoms with Gasteiger partial charge in [0, 0.05) is 31.6 Å². The van der Waals surface area contributed by atoms with E-state index in [2.05, 4.69) is 27.9 Å². The second-order valence-corrected chi connectivity index (χ2v) is 7.02. The molecule has 2 amide bonds. The lowest BCUT2D eigenvalue weighted by atomic mass is 10.0. The predicted molar refractivity (Wildman–Crippen MR) is 98.8 cm³/mol. The molecule has 0 radical (unpaired) electrons. The number of carbonyl (C=O) groups excluding carboxylic acids is 2. The monoisotopic (exact) mass is 360 g/mol. The molecule has 0 spiro atoms. The van der Waals surface area contributed by atoms with Crippen LogP contribution in [-0.4, -0.2) is 62.1 Å². The quantitative estimate of drug-likeness (QED) is 0.678. The van der Waals surface area contributed by atoms with Crippen LogP contribution in [0.15, 0.2) is 24.3 Å². The van der Waals surface area contributed by atoms with Crippen LogP contribution in [0.25, 0.3) is 0 Å². The van der Waals surface area contributed by atoms with Crippen molar-refractivity contribution in [2.75, 3.05) is 27.2 Å². The van der Waals surface area contributed by atoms with Crippen LogP contribution in [0.1, 0.15) is 24.8 Å². The molecule has 7 nitrogen and oxygen atoms in total. The van der Waals surface area contributed by atoms with Crippen LogP contribution in [0, 0.1) is 0 Å². The Bertz CT molecular complexity index is 634. The van der Waals surface area contributed by atoms with Crippen LogP contribution >= 0.6 is 0 Å². The summed E-state index contributed by atoms with van der Waals surface area (Å²) in [5.74, 6) is 0.912. The lowest BCUT2D eigenvalue weighted by molar-refractivity contribution is -0.123. The summed E-state index contributed by atoms with van der Waals surface area (Å²) >= 11 is 0. The van der Waals surface area contributed by atoms with Gasteiger partial charge in [-0.15, -0.1) is 0 Å². The number of fused-ring (bicyclic) bond motifs is 1. The molecule has 2 heterocycles. The molecule has 2 saturated heterocycles. The molecule has 7 heteroatoms. The summed E-state index contributed by atoms with van der Waals surface area (Å²) in [4.78, 5) is 26.6. The summed E-state index contributed by atoms with van der Waals surface area (Å²) in [6, 6.07) is 7.93. The Morgan fingerprint density at radius 2 is 2.12 bits per heavy atom.